The van der Waals surface area contributed by atoms with Crippen molar-refractivity contribution in [2.45, 2.75) is 45.6 Å². The van der Waals surface area contributed by atoms with Crippen molar-refractivity contribution in [2.75, 3.05) is 44.7 Å². The molecule has 1 aromatic rings. The molecule has 8 heteroatoms. The van der Waals surface area contributed by atoms with Gasteiger partial charge in [-0.15, -0.1) is 24.0 Å². The number of ether oxygens (including phenoxy) is 1. The summed E-state index contributed by atoms with van der Waals surface area (Å²) in [6, 6.07) is 7.90. The third kappa shape index (κ3) is 9.07. The fraction of sp³-hybridized carbons (Fsp3) is 0.636. The number of hydrogen-bond donors (Lipinski definition) is 3. The Morgan fingerprint density at radius 1 is 1.23 bits per heavy atom. The number of carbonyl (C=O) groups is 1. The second-order valence-electron chi connectivity index (χ2n) is 7.82. The normalized spacial score (nSPS) is 16.2. The molecule has 0 radical (unpaired) electrons. The number of aliphatic imine (C=N–C) groups is 1. The maximum atomic E-state index is 12.3. The molecule has 7 nitrogen and oxygen atoms in total. The third-order valence-corrected chi connectivity index (χ3v) is 5.14. The van der Waals surface area contributed by atoms with Crippen molar-refractivity contribution in [2.24, 2.45) is 10.9 Å². The van der Waals surface area contributed by atoms with Crippen LogP contribution >= 0.6 is 24.0 Å². The molecule has 2 amide bonds. The minimum Gasteiger partial charge on any atom is -0.381 e. The molecular weight excluding hydrogens is 493 g/mol. The van der Waals surface area contributed by atoms with E-state index in [4.69, 9.17) is 4.74 Å². The van der Waals surface area contributed by atoms with Crippen LogP contribution in [-0.4, -0.2) is 56.3 Å². The number of anilines is 1. The van der Waals surface area contributed by atoms with Gasteiger partial charge in [0.2, 0.25) is 0 Å². The molecule has 0 aromatic heterocycles. The summed E-state index contributed by atoms with van der Waals surface area (Å²) in [7, 11) is 0. The quantitative estimate of drug-likeness (QED) is 0.187. The van der Waals surface area contributed by atoms with Crippen LogP contribution in [0.3, 0.4) is 0 Å². The summed E-state index contributed by atoms with van der Waals surface area (Å²) in [5.41, 5.74) is 1.88. The van der Waals surface area contributed by atoms with Crippen molar-refractivity contribution >= 4 is 41.7 Å². The average molecular weight is 529 g/mol. The molecule has 2 fully saturated rings. The van der Waals surface area contributed by atoms with Crippen LogP contribution in [0.5, 0.6) is 0 Å². The number of nitrogens with zero attached hydrogens (tertiary/aromatic N) is 2. The van der Waals surface area contributed by atoms with E-state index < -0.39 is 0 Å². The van der Waals surface area contributed by atoms with E-state index in [1.54, 1.807) is 0 Å². The lowest BCUT2D eigenvalue weighted by Gasteiger charge is -2.16. The fourth-order valence-electron chi connectivity index (χ4n) is 3.30. The van der Waals surface area contributed by atoms with Gasteiger partial charge in [0.05, 0.1) is 6.54 Å². The Hall–Kier alpha value is -1.55. The number of benzene rings is 1. The van der Waals surface area contributed by atoms with E-state index in [9.17, 15) is 4.79 Å². The minimum absolute atomic E-state index is 0. The number of likely N-dealkylation sites (tertiary alicyclic amines) is 1. The Balaban J connectivity index is 0.00000320. The van der Waals surface area contributed by atoms with Crippen molar-refractivity contribution in [1.29, 1.82) is 0 Å². The molecule has 1 saturated carbocycles. The number of carbonyl (C=O) groups excluding carboxylic acids is 1. The first-order valence-corrected chi connectivity index (χ1v) is 11.0. The Bertz CT molecular complexity index is 675. The molecule has 3 N–H and O–H groups in total. The highest BCUT2D eigenvalue weighted by Gasteiger charge is 2.20. The predicted octanol–water partition coefficient (Wildman–Crippen LogP) is 3.80. The van der Waals surface area contributed by atoms with Crippen molar-refractivity contribution in [3.8, 4) is 0 Å². The molecule has 3 rings (SSSR count). The maximum absolute atomic E-state index is 12.3. The molecule has 30 heavy (non-hydrogen) atoms. The van der Waals surface area contributed by atoms with Crippen LogP contribution < -0.4 is 16.0 Å². The molecule has 0 bridgehead atoms. The van der Waals surface area contributed by atoms with E-state index >= 15 is 0 Å². The number of urea groups is 1. The molecule has 0 unspecified atom stereocenters. The van der Waals surface area contributed by atoms with Gasteiger partial charge in [-0.3, -0.25) is 0 Å². The van der Waals surface area contributed by atoms with Gasteiger partial charge in [0.25, 0.3) is 0 Å². The topological polar surface area (TPSA) is 78.0 Å². The van der Waals surface area contributed by atoms with E-state index in [-0.39, 0.29) is 30.0 Å². The second-order valence-corrected chi connectivity index (χ2v) is 7.82. The van der Waals surface area contributed by atoms with E-state index in [1.165, 1.54) is 12.8 Å². The van der Waals surface area contributed by atoms with Crippen molar-refractivity contribution in [1.82, 2.24) is 15.5 Å². The summed E-state index contributed by atoms with van der Waals surface area (Å²) in [4.78, 5) is 18.8. The van der Waals surface area contributed by atoms with Crippen LogP contribution in [0.1, 0.15) is 44.6 Å². The van der Waals surface area contributed by atoms with Gasteiger partial charge in [-0.2, -0.15) is 0 Å². The standard InChI is InChI=1S/C22H35N5O2.HI/c1-2-23-21(24-11-6-14-29-17-18-9-10-18)25-16-19-7-5-8-20(15-19)26-22(28)27-12-3-4-13-27;/h5,7-8,15,18H,2-4,6,9-14,16-17H2,1H3,(H,26,28)(H2,23,24,25);1H. The molecule has 1 heterocycles. The minimum atomic E-state index is -0.0120. The lowest BCUT2D eigenvalue weighted by atomic mass is 10.2. The predicted molar refractivity (Wildman–Crippen MR) is 133 cm³/mol. The summed E-state index contributed by atoms with van der Waals surface area (Å²) in [5.74, 6) is 1.62. The summed E-state index contributed by atoms with van der Waals surface area (Å²) in [5, 5.41) is 9.64. The molecule has 1 aliphatic heterocycles. The Morgan fingerprint density at radius 2 is 2.03 bits per heavy atom. The molecule has 0 atom stereocenters. The maximum Gasteiger partial charge on any atom is 0.321 e. The van der Waals surface area contributed by atoms with Gasteiger partial charge in [0.1, 0.15) is 0 Å². The smallest absolute Gasteiger partial charge is 0.321 e. The van der Waals surface area contributed by atoms with Gasteiger partial charge in [-0.1, -0.05) is 12.1 Å². The lowest BCUT2D eigenvalue weighted by Crippen LogP contribution is -2.38. The highest BCUT2D eigenvalue weighted by Crippen LogP contribution is 2.28. The van der Waals surface area contributed by atoms with E-state index in [0.29, 0.717) is 6.54 Å². The Morgan fingerprint density at radius 3 is 2.77 bits per heavy atom. The lowest BCUT2D eigenvalue weighted by molar-refractivity contribution is 0.123. The first-order chi connectivity index (χ1) is 14.2. The zero-order chi connectivity index (χ0) is 20.3. The van der Waals surface area contributed by atoms with Crippen LogP contribution in [0.25, 0.3) is 0 Å². The van der Waals surface area contributed by atoms with E-state index in [1.807, 2.05) is 29.2 Å². The Labute approximate surface area is 197 Å². The number of nitrogens with one attached hydrogen (secondary N) is 3. The van der Waals surface area contributed by atoms with Crippen LogP contribution in [0.2, 0.25) is 0 Å². The molecule has 1 aliphatic carbocycles. The van der Waals surface area contributed by atoms with Crippen LogP contribution in [0.15, 0.2) is 29.3 Å². The monoisotopic (exact) mass is 529 g/mol. The van der Waals surface area contributed by atoms with E-state index in [0.717, 1.165) is 81.8 Å². The van der Waals surface area contributed by atoms with Crippen LogP contribution in [0.4, 0.5) is 10.5 Å². The van der Waals surface area contributed by atoms with Gasteiger partial charge in [0.15, 0.2) is 5.96 Å². The summed E-state index contributed by atoms with van der Waals surface area (Å²) >= 11 is 0. The van der Waals surface area contributed by atoms with Gasteiger partial charge in [-0.25, -0.2) is 9.79 Å². The van der Waals surface area contributed by atoms with Gasteiger partial charge in [-0.05, 0) is 62.6 Å². The highest BCUT2D eigenvalue weighted by atomic mass is 127. The number of halogens is 1. The third-order valence-electron chi connectivity index (χ3n) is 5.14. The number of amides is 2. The zero-order valence-electron chi connectivity index (χ0n) is 18.0. The van der Waals surface area contributed by atoms with Gasteiger partial charge < -0.3 is 25.6 Å². The van der Waals surface area contributed by atoms with Gasteiger partial charge in [0, 0.05) is 45.1 Å². The van der Waals surface area contributed by atoms with Crippen LogP contribution in [0, 0.1) is 5.92 Å². The molecule has 168 valence electrons. The summed E-state index contributed by atoms with van der Waals surface area (Å²) in [6.07, 6.45) is 5.82. The van der Waals surface area contributed by atoms with Gasteiger partial charge >= 0.3 is 6.03 Å². The zero-order valence-corrected chi connectivity index (χ0v) is 20.3. The molecule has 1 saturated heterocycles. The summed E-state index contributed by atoms with van der Waals surface area (Å²) < 4.78 is 5.67. The van der Waals surface area contributed by atoms with Crippen LogP contribution in [-0.2, 0) is 11.3 Å². The molecule has 1 aromatic carbocycles. The van der Waals surface area contributed by atoms with E-state index in [2.05, 4.69) is 27.9 Å². The number of guanidine groups is 1. The fourth-order valence-corrected chi connectivity index (χ4v) is 3.30. The number of hydrogen-bond acceptors (Lipinski definition) is 3. The first-order valence-electron chi connectivity index (χ1n) is 11.0. The van der Waals surface area contributed by atoms with Crippen molar-refractivity contribution < 1.29 is 9.53 Å². The SMILES string of the molecule is CCNC(=NCc1cccc(NC(=O)N2CCCC2)c1)NCCCOCC1CC1.I. The number of rotatable bonds is 10. The molecule has 0 spiro atoms. The first kappa shape index (κ1) is 24.7. The molecular formula is C22H36IN5O2. The summed E-state index contributed by atoms with van der Waals surface area (Å²) in [6.45, 7) is 7.67. The second kappa shape index (κ2) is 13.7. The van der Waals surface area contributed by atoms with Crippen molar-refractivity contribution in [3.05, 3.63) is 29.8 Å². The van der Waals surface area contributed by atoms with Crippen molar-refractivity contribution in [3.63, 3.8) is 0 Å². The largest absolute Gasteiger partial charge is 0.381 e. The highest BCUT2D eigenvalue weighted by molar-refractivity contribution is 14.0. The molecule has 2 aliphatic rings. The average Bonchev–Trinajstić information content (AvgIpc) is 3.38. The Kier molecular flexibility index (Phi) is 11.3.